The summed E-state index contributed by atoms with van der Waals surface area (Å²) in [5, 5.41) is 10.3. The monoisotopic (exact) mass is 280 g/mol. The van der Waals surface area contributed by atoms with E-state index in [1.54, 1.807) is 4.90 Å². The number of imide groups is 1. The van der Waals surface area contributed by atoms with E-state index in [4.69, 9.17) is 0 Å². The molecule has 112 valence electrons. The summed E-state index contributed by atoms with van der Waals surface area (Å²) in [7, 11) is 0. The molecule has 0 aromatic heterocycles. The summed E-state index contributed by atoms with van der Waals surface area (Å²) in [5.41, 5.74) is -0.651. The van der Waals surface area contributed by atoms with E-state index >= 15 is 0 Å². The number of rotatable bonds is 4. The Kier molecular flexibility index (Phi) is 3.71. The molecule has 3 aliphatic rings. The van der Waals surface area contributed by atoms with Gasteiger partial charge in [0.25, 0.3) is 0 Å². The first-order valence-electron chi connectivity index (χ1n) is 7.92. The molecule has 3 rings (SSSR count). The number of hydrogen-bond donors (Lipinski definition) is 1. The van der Waals surface area contributed by atoms with Crippen LogP contribution in [-0.4, -0.2) is 51.6 Å². The van der Waals surface area contributed by atoms with Crippen LogP contribution in [0.5, 0.6) is 0 Å². The molecular formula is C15H24N2O3. The fraction of sp³-hybridized carbons (Fsp3) is 0.867. The SMILES string of the molecule is O=C1CN(C2CCCC2)C(=O)N1CCC1(O)CCCC1. The molecule has 1 aliphatic heterocycles. The van der Waals surface area contributed by atoms with Crippen LogP contribution < -0.4 is 0 Å². The number of hydrogen-bond acceptors (Lipinski definition) is 3. The second-order valence-corrected chi connectivity index (χ2v) is 6.58. The lowest BCUT2D eigenvalue weighted by Gasteiger charge is -2.26. The third kappa shape index (κ3) is 2.55. The standard InChI is InChI=1S/C15H24N2O3/c18-13-11-17(12-5-1-2-6-12)14(19)16(13)10-9-15(20)7-3-4-8-15/h12,20H,1-11H2. The normalized spacial score (nSPS) is 27.1. The first kappa shape index (κ1) is 13.9. The lowest BCUT2D eigenvalue weighted by Crippen LogP contribution is -2.40. The molecule has 0 unspecified atom stereocenters. The minimum atomic E-state index is -0.651. The van der Waals surface area contributed by atoms with Crippen LogP contribution >= 0.6 is 0 Å². The van der Waals surface area contributed by atoms with E-state index in [1.807, 2.05) is 0 Å². The molecule has 2 aliphatic carbocycles. The van der Waals surface area contributed by atoms with Gasteiger partial charge in [0.2, 0.25) is 5.91 Å². The second-order valence-electron chi connectivity index (χ2n) is 6.58. The van der Waals surface area contributed by atoms with Crippen molar-refractivity contribution in [3.8, 4) is 0 Å². The van der Waals surface area contributed by atoms with Gasteiger partial charge in [-0.1, -0.05) is 25.7 Å². The van der Waals surface area contributed by atoms with Crippen LogP contribution in [0.4, 0.5) is 4.79 Å². The Morgan fingerprint density at radius 1 is 1.10 bits per heavy atom. The number of carbonyl (C=O) groups is 2. The van der Waals surface area contributed by atoms with Crippen LogP contribution in [0.25, 0.3) is 0 Å². The van der Waals surface area contributed by atoms with Crippen molar-refractivity contribution in [2.24, 2.45) is 0 Å². The Bertz CT molecular complexity index is 398. The van der Waals surface area contributed by atoms with Crippen molar-refractivity contribution >= 4 is 11.9 Å². The highest BCUT2D eigenvalue weighted by Gasteiger charge is 2.41. The van der Waals surface area contributed by atoms with Crippen LogP contribution in [0.1, 0.15) is 57.8 Å². The summed E-state index contributed by atoms with van der Waals surface area (Å²) in [6.07, 6.45) is 8.59. The molecule has 0 bridgehead atoms. The molecule has 0 aromatic carbocycles. The van der Waals surface area contributed by atoms with Crippen LogP contribution in [0, 0.1) is 0 Å². The summed E-state index contributed by atoms with van der Waals surface area (Å²) in [4.78, 5) is 27.5. The lowest BCUT2D eigenvalue weighted by atomic mass is 9.98. The minimum absolute atomic E-state index is 0.0940. The zero-order valence-electron chi connectivity index (χ0n) is 12.0. The third-order valence-electron chi connectivity index (χ3n) is 5.18. The van der Waals surface area contributed by atoms with Gasteiger partial charge >= 0.3 is 6.03 Å². The van der Waals surface area contributed by atoms with Gasteiger partial charge in [0.1, 0.15) is 6.54 Å². The number of carbonyl (C=O) groups excluding carboxylic acids is 2. The quantitative estimate of drug-likeness (QED) is 0.800. The van der Waals surface area contributed by atoms with Crippen molar-refractivity contribution in [1.29, 1.82) is 0 Å². The average Bonchev–Trinajstić information content (AvgIpc) is 3.11. The molecule has 1 N–H and O–H groups in total. The number of amides is 3. The molecule has 3 fully saturated rings. The Balaban J connectivity index is 1.59. The zero-order valence-corrected chi connectivity index (χ0v) is 12.0. The molecule has 2 saturated carbocycles. The number of aliphatic hydroxyl groups is 1. The molecule has 20 heavy (non-hydrogen) atoms. The van der Waals surface area contributed by atoms with Crippen molar-refractivity contribution in [2.75, 3.05) is 13.1 Å². The predicted octanol–water partition coefficient (Wildman–Crippen LogP) is 1.89. The second kappa shape index (κ2) is 5.35. The Morgan fingerprint density at radius 2 is 1.75 bits per heavy atom. The molecule has 5 nitrogen and oxygen atoms in total. The van der Waals surface area contributed by atoms with E-state index < -0.39 is 5.60 Å². The van der Waals surface area contributed by atoms with Gasteiger partial charge in [-0.2, -0.15) is 0 Å². The smallest absolute Gasteiger partial charge is 0.327 e. The third-order valence-corrected chi connectivity index (χ3v) is 5.18. The fourth-order valence-electron chi connectivity index (χ4n) is 3.89. The summed E-state index contributed by atoms with van der Waals surface area (Å²) in [6.45, 7) is 0.610. The van der Waals surface area contributed by atoms with E-state index in [0.29, 0.717) is 13.0 Å². The topological polar surface area (TPSA) is 60.9 Å². The van der Waals surface area contributed by atoms with Crippen LogP contribution in [-0.2, 0) is 4.79 Å². The molecular weight excluding hydrogens is 256 g/mol. The summed E-state index contributed by atoms with van der Waals surface area (Å²) in [6, 6.07) is 0.120. The van der Waals surface area contributed by atoms with Gasteiger partial charge in [0.05, 0.1) is 5.60 Å². The maximum Gasteiger partial charge on any atom is 0.327 e. The highest BCUT2D eigenvalue weighted by Crippen LogP contribution is 2.33. The van der Waals surface area contributed by atoms with Gasteiger partial charge in [-0.25, -0.2) is 4.79 Å². The van der Waals surface area contributed by atoms with Crippen LogP contribution in [0.2, 0.25) is 0 Å². The van der Waals surface area contributed by atoms with Gasteiger partial charge in [-0.05, 0) is 32.1 Å². The molecule has 0 radical (unpaired) electrons. The first-order valence-corrected chi connectivity index (χ1v) is 7.92. The van der Waals surface area contributed by atoms with Crippen LogP contribution in [0.3, 0.4) is 0 Å². The van der Waals surface area contributed by atoms with E-state index in [1.165, 1.54) is 4.90 Å². The van der Waals surface area contributed by atoms with E-state index in [9.17, 15) is 14.7 Å². The van der Waals surface area contributed by atoms with Crippen molar-refractivity contribution in [2.45, 2.75) is 69.4 Å². The molecule has 0 aromatic rings. The van der Waals surface area contributed by atoms with Crippen molar-refractivity contribution in [3.05, 3.63) is 0 Å². The Labute approximate surface area is 119 Å². The molecule has 0 spiro atoms. The minimum Gasteiger partial charge on any atom is -0.390 e. The number of urea groups is 1. The molecule has 5 heteroatoms. The van der Waals surface area contributed by atoms with Gasteiger partial charge in [-0.3, -0.25) is 9.69 Å². The highest BCUT2D eigenvalue weighted by atomic mass is 16.3. The lowest BCUT2D eigenvalue weighted by molar-refractivity contribution is -0.125. The van der Waals surface area contributed by atoms with Gasteiger partial charge in [0, 0.05) is 12.6 Å². The molecule has 1 heterocycles. The fourth-order valence-corrected chi connectivity index (χ4v) is 3.89. The summed E-state index contributed by atoms with van der Waals surface area (Å²) < 4.78 is 0. The van der Waals surface area contributed by atoms with E-state index in [2.05, 4.69) is 0 Å². The van der Waals surface area contributed by atoms with Gasteiger partial charge in [-0.15, -0.1) is 0 Å². The first-order chi connectivity index (χ1) is 9.59. The van der Waals surface area contributed by atoms with Gasteiger partial charge < -0.3 is 10.0 Å². The van der Waals surface area contributed by atoms with Crippen molar-refractivity contribution < 1.29 is 14.7 Å². The Morgan fingerprint density at radius 3 is 2.40 bits per heavy atom. The van der Waals surface area contributed by atoms with Crippen LogP contribution in [0.15, 0.2) is 0 Å². The van der Waals surface area contributed by atoms with Crippen molar-refractivity contribution in [1.82, 2.24) is 9.80 Å². The largest absolute Gasteiger partial charge is 0.390 e. The highest BCUT2D eigenvalue weighted by molar-refractivity contribution is 6.02. The summed E-state index contributed by atoms with van der Waals surface area (Å²) >= 11 is 0. The van der Waals surface area contributed by atoms with E-state index in [-0.39, 0.29) is 24.5 Å². The summed E-state index contributed by atoms with van der Waals surface area (Å²) in [5.74, 6) is -0.0940. The van der Waals surface area contributed by atoms with Crippen molar-refractivity contribution in [3.63, 3.8) is 0 Å². The zero-order chi connectivity index (χ0) is 14.2. The predicted molar refractivity (Wildman–Crippen MR) is 74.1 cm³/mol. The molecule has 0 atom stereocenters. The average molecular weight is 280 g/mol. The number of nitrogens with zero attached hydrogens (tertiary/aromatic N) is 2. The van der Waals surface area contributed by atoms with E-state index in [0.717, 1.165) is 51.4 Å². The maximum absolute atomic E-state index is 12.4. The Hall–Kier alpha value is -1.10. The maximum atomic E-state index is 12.4. The molecule has 1 saturated heterocycles. The van der Waals surface area contributed by atoms with Gasteiger partial charge in [0.15, 0.2) is 0 Å². The molecule has 3 amide bonds.